The van der Waals surface area contributed by atoms with Crippen LogP contribution in [0.3, 0.4) is 0 Å². The van der Waals surface area contributed by atoms with Gasteiger partial charge in [0, 0.05) is 26.4 Å². The Morgan fingerprint density at radius 3 is 2.81 bits per heavy atom. The summed E-state index contributed by atoms with van der Waals surface area (Å²) in [6, 6.07) is 2.59. The van der Waals surface area contributed by atoms with Gasteiger partial charge < -0.3 is 19.7 Å². The second-order valence-corrected chi connectivity index (χ2v) is 9.87. The van der Waals surface area contributed by atoms with Gasteiger partial charge in [-0.3, -0.25) is 28.5 Å². The second kappa shape index (κ2) is 10.8. The van der Waals surface area contributed by atoms with Gasteiger partial charge in [0.15, 0.2) is 0 Å². The number of hydrogen-bond acceptors (Lipinski definition) is 10. The van der Waals surface area contributed by atoms with E-state index in [2.05, 4.69) is 5.32 Å². The SMILES string of the molecule is COCCN1C(=O)/C(=C/c2c(N3CCNC(=O)C3CC(=O)OC)nc3ccc(C)cn3c2=O)SC1=S. The Hall–Kier alpha value is -3.29. The predicted octanol–water partition coefficient (Wildman–Crippen LogP) is 0.718. The third kappa shape index (κ3) is 4.99. The molecule has 0 aromatic carbocycles. The highest BCUT2D eigenvalue weighted by atomic mass is 32.2. The number of pyridine rings is 1. The molecule has 2 aliphatic rings. The molecule has 2 aromatic heterocycles. The quantitative estimate of drug-likeness (QED) is 0.311. The third-order valence-electron chi connectivity index (χ3n) is 5.84. The van der Waals surface area contributed by atoms with E-state index in [1.807, 2.05) is 13.0 Å². The lowest BCUT2D eigenvalue weighted by molar-refractivity contribution is -0.143. The van der Waals surface area contributed by atoms with E-state index in [9.17, 15) is 19.2 Å². The molecular formula is C23H25N5O6S2. The number of amides is 2. The summed E-state index contributed by atoms with van der Waals surface area (Å²) < 4.78 is 11.6. The van der Waals surface area contributed by atoms with Crippen molar-refractivity contribution in [1.29, 1.82) is 0 Å². The van der Waals surface area contributed by atoms with Gasteiger partial charge in [0.1, 0.15) is 21.8 Å². The number of aromatic nitrogens is 2. The van der Waals surface area contributed by atoms with E-state index >= 15 is 0 Å². The number of carbonyl (C=O) groups is 3. The highest BCUT2D eigenvalue weighted by Gasteiger charge is 2.36. The van der Waals surface area contributed by atoms with Crippen LogP contribution in [0, 0.1) is 6.92 Å². The molecule has 0 saturated carbocycles. The smallest absolute Gasteiger partial charge is 0.308 e. The molecule has 0 bridgehead atoms. The van der Waals surface area contributed by atoms with Crippen molar-refractivity contribution in [3.05, 3.63) is 44.7 Å². The Kier molecular flexibility index (Phi) is 7.71. The van der Waals surface area contributed by atoms with E-state index in [-0.39, 0.29) is 41.1 Å². The van der Waals surface area contributed by atoms with Gasteiger partial charge in [0.05, 0.1) is 37.2 Å². The average Bonchev–Trinajstić information content (AvgIpc) is 3.12. The van der Waals surface area contributed by atoms with Crippen molar-refractivity contribution in [2.75, 3.05) is 45.4 Å². The molecule has 1 atom stereocenters. The predicted molar refractivity (Wildman–Crippen MR) is 139 cm³/mol. The molecular weight excluding hydrogens is 506 g/mol. The van der Waals surface area contributed by atoms with E-state index in [1.165, 1.54) is 29.6 Å². The van der Waals surface area contributed by atoms with Crippen LogP contribution in [0.4, 0.5) is 5.82 Å². The van der Waals surface area contributed by atoms with Crippen LogP contribution in [-0.2, 0) is 23.9 Å². The van der Waals surface area contributed by atoms with E-state index < -0.39 is 17.6 Å². The standard InChI is InChI=1S/C23H25N5O6S2/c1-13-4-5-17-25-19(26-7-6-24-20(30)15(26)11-18(29)34-3)14(21(31)28(17)12-13)10-16-22(32)27(8-9-33-2)23(35)36-16/h4-5,10,12,15H,6-9,11H2,1-3H3,(H,24,30)/b16-10-. The number of carbonyl (C=O) groups excluding carboxylic acids is 3. The topological polar surface area (TPSA) is 123 Å². The highest BCUT2D eigenvalue weighted by Crippen LogP contribution is 2.34. The van der Waals surface area contributed by atoms with Crippen molar-refractivity contribution in [1.82, 2.24) is 19.6 Å². The number of fused-ring (bicyclic) bond motifs is 1. The van der Waals surface area contributed by atoms with E-state index in [0.717, 1.165) is 17.3 Å². The van der Waals surface area contributed by atoms with Gasteiger partial charge >= 0.3 is 5.97 Å². The fourth-order valence-electron chi connectivity index (χ4n) is 4.01. The van der Waals surface area contributed by atoms with Crippen molar-refractivity contribution < 1.29 is 23.9 Å². The normalized spacial score (nSPS) is 19.4. The summed E-state index contributed by atoms with van der Waals surface area (Å²) in [7, 11) is 2.77. The first kappa shape index (κ1) is 25.8. The Morgan fingerprint density at radius 2 is 2.08 bits per heavy atom. The van der Waals surface area contributed by atoms with Crippen LogP contribution in [-0.4, -0.2) is 82.9 Å². The van der Waals surface area contributed by atoms with Crippen LogP contribution in [0.1, 0.15) is 17.5 Å². The summed E-state index contributed by atoms with van der Waals surface area (Å²) in [4.78, 5) is 59.6. The number of piperazine rings is 1. The number of hydrogen-bond donors (Lipinski definition) is 1. The lowest BCUT2D eigenvalue weighted by Crippen LogP contribution is -2.57. The van der Waals surface area contributed by atoms with Crippen molar-refractivity contribution in [3.63, 3.8) is 0 Å². The molecule has 36 heavy (non-hydrogen) atoms. The lowest BCUT2D eigenvalue weighted by atomic mass is 10.1. The van der Waals surface area contributed by atoms with Crippen LogP contribution in [0.5, 0.6) is 0 Å². The molecule has 2 aromatic rings. The Morgan fingerprint density at radius 1 is 1.31 bits per heavy atom. The third-order valence-corrected chi connectivity index (χ3v) is 7.22. The first-order valence-corrected chi connectivity index (χ1v) is 12.4. The van der Waals surface area contributed by atoms with E-state index in [1.54, 1.807) is 17.2 Å². The maximum absolute atomic E-state index is 13.7. The number of rotatable bonds is 7. The maximum atomic E-state index is 13.7. The number of esters is 1. The van der Waals surface area contributed by atoms with Crippen molar-refractivity contribution >= 4 is 63.6 Å². The van der Waals surface area contributed by atoms with E-state index in [0.29, 0.717) is 29.7 Å². The van der Waals surface area contributed by atoms with Crippen molar-refractivity contribution in [2.24, 2.45) is 0 Å². The molecule has 4 heterocycles. The van der Waals surface area contributed by atoms with Crippen LogP contribution >= 0.6 is 24.0 Å². The summed E-state index contributed by atoms with van der Waals surface area (Å²) in [5.74, 6) is -1.09. The monoisotopic (exact) mass is 531 g/mol. The summed E-state index contributed by atoms with van der Waals surface area (Å²) in [5, 5.41) is 2.74. The second-order valence-electron chi connectivity index (χ2n) is 8.20. The molecule has 1 N–H and O–H groups in total. The summed E-state index contributed by atoms with van der Waals surface area (Å²) in [6.07, 6.45) is 2.90. The molecule has 0 aliphatic carbocycles. The van der Waals surface area contributed by atoms with Gasteiger partial charge in [-0.1, -0.05) is 30.0 Å². The number of anilines is 1. The number of thioether (sulfide) groups is 1. The van der Waals surface area contributed by atoms with Crippen molar-refractivity contribution in [3.8, 4) is 0 Å². The van der Waals surface area contributed by atoms with Crippen LogP contribution in [0.2, 0.25) is 0 Å². The zero-order valence-corrected chi connectivity index (χ0v) is 21.6. The number of thiocarbonyl (C=S) groups is 1. The van der Waals surface area contributed by atoms with Gasteiger partial charge in [-0.25, -0.2) is 4.98 Å². The van der Waals surface area contributed by atoms with Gasteiger partial charge in [0.25, 0.3) is 11.5 Å². The molecule has 0 radical (unpaired) electrons. The van der Waals surface area contributed by atoms with E-state index in [4.69, 9.17) is 26.7 Å². The lowest BCUT2D eigenvalue weighted by Gasteiger charge is -2.36. The first-order valence-electron chi connectivity index (χ1n) is 11.1. The average molecular weight is 532 g/mol. The molecule has 0 spiro atoms. The zero-order chi connectivity index (χ0) is 26.0. The molecule has 190 valence electrons. The molecule has 2 amide bonds. The summed E-state index contributed by atoms with van der Waals surface area (Å²) in [5.41, 5.74) is 0.920. The largest absolute Gasteiger partial charge is 0.469 e. The molecule has 2 saturated heterocycles. The minimum Gasteiger partial charge on any atom is -0.469 e. The van der Waals surface area contributed by atoms with Gasteiger partial charge in [-0.15, -0.1) is 0 Å². The van der Waals surface area contributed by atoms with Crippen LogP contribution in [0.25, 0.3) is 11.7 Å². The Balaban J connectivity index is 1.88. The summed E-state index contributed by atoms with van der Waals surface area (Å²) in [6.45, 7) is 3.04. The van der Waals surface area contributed by atoms with Crippen LogP contribution in [0.15, 0.2) is 28.0 Å². The minimum atomic E-state index is -0.936. The number of ether oxygens (including phenoxy) is 2. The zero-order valence-electron chi connectivity index (χ0n) is 20.0. The van der Waals surface area contributed by atoms with Crippen molar-refractivity contribution in [2.45, 2.75) is 19.4 Å². The Bertz CT molecular complexity index is 1340. The summed E-state index contributed by atoms with van der Waals surface area (Å²) >= 11 is 6.44. The number of nitrogens with one attached hydrogen (secondary N) is 1. The molecule has 2 aliphatic heterocycles. The van der Waals surface area contributed by atoms with Crippen LogP contribution < -0.4 is 15.8 Å². The number of nitrogens with zero attached hydrogens (tertiary/aromatic N) is 4. The molecule has 11 nitrogen and oxygen atoms in total. The molecule has 4 rings (SSSR count). The molecule has 1 unspecified atom stereocenters. The highest BCUT2D eigenvalue weighted by molar-refractivity contribution is 8.26. The van der Waals surface area contributed by atoms with Gasteiger partial charge in [-0.05, 0) is 24.6 Å². The number of methoxy groups -OCH3 is 2. The number of aryl methyl sites for hydroxylation is 1. The fourth-order valence-corrected chi connectivity index (χ4v) is 5.30. The maximum Gasteiger partial charge on any atom is 0.308 e. The fraction of sp³-hybridized carbons (Fsp3) is 0.391. The van der Waals surface area contributed by atoms with Gasteiger partial charge in [-0.2, -0.15) is 0 Å². The molecule has 2 fully saturated rings. The minimum absolute atomic E-state index is 0.120. The molecule has 13 heteroatoms. The van der Waals surface area contributed by atoms with Gasteiger partial charge in [0.2, 0.25) is 5.91 Å². The Labute approximate surface area is 216 Å². The first-order chi connectivity index (χ1) is 17.2.